The maximum atomic E-state index is 12.5. The van der Waals surface area contributed by atoms with Crippen molar-refractivity contribution in [2.75, 3.05) is 27.8 Å². The highest BCUT2D eigenvalue weighted by atomic mass is 16.5. The molecule has 2 aliphatic rings. The van der Waals surface area contributed by atoms with Crippen molar-refractivity contribution in [3.63, 3.8) is 0 Å². The highest BCUT2D eigenvalue weighted by molar-refractivity contribution is 5.89. The van der Waals surface area contributed by atoms with Crippen LogP contribution in [0.5, 0.6) is 11.5 Å². The average Bonchev–Trinajstić information content (AvgIpc) is 3.11. The molecule has 1 aliphatic carbocycles. The third-order valence-electron chi connectivity index (χ3n) is 6.26. The fourth-order valence-electron chi connectivity index (χ4n) is 4.67. The van der Waals surface area contributed by atoms with E-state index in [1.165, 1.54) is 5.56 Å². The maximum absolute atomic E-state index is 12.5. The third-order valence-corrected chi connectivity index (χ3v) is 6.26. The summed E-state index contributed by atoms with van der Waals surface area (Å²) in [5.74, 6) is 1.18. The predicted octanol–water partition coefficient (Wildman–Crippen LogP) is 3.83. The van der Waals surface area contributed by atoms with Crippen LogP contribution in [0.2, 0.25) is 0 Å². The van der Waals surface area contributed by atoms with Gasteiger partial charge < -0.3 is 19.1 Å². The summed E-state index contributed by atoms with van der Waals surface area (Å²) < 4.78 is 16.7. The highest BCUT2D eigenvalue weighted by Crippen LogP contribution is 2.47. The molecule has 0 aromatic heterocycles. The Hall–Kier alpha value is -2.79. The van der Waals surface area contributed by atoms with Crippen LogP contribution in [0.25, 0.3) is 0 Å². The molecule has 4 rings (SSSR count). The first-order valence-corrected chi connectivity index (χ1v) is 9.95. The molecule has 29 heavy (non-hydrogen) atoms. The SMILES string of the molecule is COc1ccc([C@@]23C=C[C@@H](OC(=O)c4ccccc4)C[C@@H]2N(C)CC3)cc1OC. The van der Waals surface area contributed by atoms with Crippen molar-refractivity contribution >= 4 is 5.97 Å². The van der Waals surface area contributed by atoms with Crippen LogP contribution in [0.4, 0.5) is 0 Å². The van der Waals surface area contributed by atoms with Crippen LogP contribution in [0, 0.1) is 0 Å². The quantitative estimate of drug-likeness (QED) is 0.571. The van der Waals surface area contributed by atoms with Gasteiger partial charge in [-0.25, -0.2) is 4.79 Å². The number of carbonyl (C=O) groups is 1. The zero-order chi connectivity index (χ0) is 20.4. The number of hydrogen-bond acceptors (Lipinski definition) is 5. The summed E-state index contributed by atoms with van der Waals surface area (Å²) in [6.07, 6.45) is 5.82. The number of likely N-dealkylation sites (tertiary alicyclic amines) is 1. The van der Waals surface area contributed by atoms with E-state index in [4.69, 9.17) is 14.2 Å². The minimum Gasteiger partial charge on any atom is -0.493 e. The lowest BCUT2D eigenvalue weighted by atomic mass is 9.69. The first kappa shape index (κ1) is 19.5. The molecule has 0 unspecified atom stereocenters. The van der Waals surface area contributed by atoms with Crippen molar-refractivity contribution in [1.29, 1.82) is 0 Å². The molecular formula is C24H27NO4. The molecular weight excluding hydrogens is 366 g/mol. The lowest BCUT2D eigenvalue weighted by Gasteiger charge is -2.40. The predicted molar refractivity (Wildman–Crippen MR) is 112 cm³/mol. The van der Waals surface area contributed by atoms with Crippen molar-refractivity contribution in [3.05, 3.63) is 71.8 Å². The zero-order valence-corrected chi connectivity index (χ0v) is 17.1. The number of methoxy groups -OCH3 is 2. The van der Waals surface area contributed by atoms with Crippen molar-refractivity contribution in [1.82, 2.24) is 4.90 Å². The van der Waals surface area contributed by atoms with Gasteiger partial charge in [0.15, 0.2) is 11.5 Å². The second kappa shape index (κ2) is 7.91. The van der Waals surface area contributed by atoms with Crippen molar-refractivity contribution in [2.45, 2.75) is 30.4 Å². The molecule has 1 heterocycles. The Morgan fingerprint density at radius 1 is 1.07 bits per heavy atom. The van der Waals surface area contributed by atoms with Gasteiger partial charge in [0, 0.05) is 17.9 Å². The number of esters is 1. The van der Waals surface area contributed by atoms with Gasteiger partial charge >= 0.3 is 5.97 Å². The number of rotatable bonds is 5. The average molecular weight is 393 g/mol. The second-order valence-corrected chi connectivity index (χ2v) is 7.76. The van der Waals surface area contributed by atoms with E-state index in [2.05, 4.69) is 30.2 Å². The van der Waals surface area contributed by atoms with Crippen LogP contribution in [0.3, 0.4) is 0 Å². The largest absolute Gasteiger partial charge is 0.493 e. The summed E-state index contributed by atoms with van der Waals surface area (Å²) >= 11 is 0. The number of hydrogen-bond donors (Lipinski definition) is 0. The molecule has 0 N–H and O–H groups in total. The van der Waals surface area contributed by atoms with E-state index in [1.807, 2.05) is 30.3 Å². The van der Waals surface area contributed by atoms with E-state index in [0.29, 0.717) is 5.56 Å². The molecule has 5 nitrogen and oxygen atoms in total. The van der Waals surface area contributed by atoms with Crippen molar-refractivity contribution < 1.29 is 19.0 Å². The molecule has 0 bridgehead atoms. The Labute approximate surface area is 171 Å². The first-order chi connectivity index (χ1) is 14.1. The van der Waals surface area contributed by atoms with Gasteiger partial charge in [-0.2, -0.15) is 0 Å². The second-order valence-electron chi connectivity index (χ2n) is 7.76. The normalized spacial score (nSPS) is 26.0. The van der Waals surface area contributed by atoms with E-state index in [-0.39, 0.29) is 23.5 Å². The van der Waals surface area contributed by atoms with E-state index >= 15 is 0 Å². The lowest BCUT2D eigenvalue weighted by Crippen LogP contribution is -2.45. The van der Waals surface area contributed by atoms with Crippen molar-refractivity contribution in [3.8, 4) is 11.5 Å². The summed E-state index contributed by atoms with van der Waals surface area (Å²) in [7, 11) is 5.45. The molecule has 2 aromatic rings. The van der Waals surface area contributed by atoms with Gasteiger partial charge in [0.25, 0.3) is 0 Å². The van der Waals surface area contributed by atoms with Crippen LogP contribution in [-0.4, -0.2) is 50.8 Å². The number of nitrogens with zero attached hydrogens (tertiary/aromatic N) is 1. The van der Waals surface area contributed by atoms with E-state index in [9.17, 15) is 4.79 Å². The molecule has 1 saturated heterocycles. The molecule has 0 saturated carbocycles. The monoisotopic (exact) mass is 393 g/mol. The lowest BCUT2D eigenvalue weighted by molar-refractivity contribution is 0.0301. The standard InChI is InChI=1S/C24H27NO4/c1-25-14-13-24(18-9-10-20(27-2)21(15-18)28-3)12-11-19(16-22(24)25)29-23(26)17-7-5-4-6-8-17/h4-12,15,19,22H,13-14,16H2,1-3H3/t19-,22+,24+/m1/s1. The fourth-order valence-corrected chi connectivity index (χ4v) is 4.67. The maximum Gasteiger partial charge on any atom is 0.338 e. The molecule has 0 spiro atoms. The van der Waals surface area contributed by atoms with E-state index in [1.54, 1.807) is 26.4 Å². The summed E-state index contributed by atoms with van der Waals surface area (Å²) in [5.41, 5.74) is 1.66. The number of ether oxygens (including phenoxy) is 3. The smallest absolute Gasteiger partial charge is 0.338 e. The molecule has 5 heteroatoms. The van der Waals surface area contributed by atoms with Gasteiger partial charge in [-0.3, -0.25) is 0 Å². The minimum atomic E-state index is -0.278. The molecule has 152 valence electrons. The van der Waals surface area contributed by atoms with Crippen molar-refractivity contribution in [2.24, 2.45) is 0 Å². The molecule has 1 fully saturated rings. The molecule has 0 amide bonds. The van der Waals surface area contributed by atoms with Gasteiger partial charge in [-0.05, 0) is 55.9 Å². The number of likely N-dealkylation sites (N-methyl/N-ethyl adjacent to an activating group) is 1. The Kier molecular flexibility index (Phi) is 5.33. The van der Waals surface area contributed by atoms with Gasteiger partial charge in [0.2, 0.25) is 0 Å². The molecule has 3 atom stereocenters. The van der Waals surface area contributed by atoms with Crippen LogP contribution < -0.4 is 9.47 Å². The Bertz CT molecular complexity index is 910. The summed E-state index contributed by atoms with van der Waals surface area (Å²) in [6, 6.07) is 15.6. The van der Waals surface area contributed by atoms with Crippen LogP contribution >= 0.6 is 0 Å². The Balaban J connectivity index is 1.61. The van der Waals surface area contributed by atoms with Crippen LogP contribution in [0.15, 0.2) is 60.7 Å². The van der Waals surface area contributed by atoms with Crippen LogP contribution in [0.1, 0.15) is 28.8 Å². The minimum absolute atomic E-state index is 0.121. The van der Waals surface area contributed by atoms with Gasteiger partial charge in [-0.15, -0.1) is 0 Å². The summed E-state index contributed by atoms with van der Waals surface area (Å²) in [6.45, 7) is 0.989. The highest BCUT2D eigenvalue weighted by Gasteiger charge is 2.48. The number of fused-ring (bicyclic) bond motifs is 1. The van der Waals surface area contributed by atoms with Crippen LogP contribution in [-0.2, 0) is 10.2 Å². The van der Waals surface area contributed by atoms with Gasteiger partial charge in [0.05, 0.1) is 19.8 Å². The summed E-state index contributed by atoms with van der Waals surface area (Å²) in [4.78, 5) is 14.9. The topological polar surface area (TPSA) is 48.0 Å². The third kappa shape index (κ3) is 3.51. The molecule has 1 aliphatic heterocycles. The number of carbonyl (C=O) groups excluding carboxylic acids is 1. The Morgan fingerprint density at radius 3 is 2.55 bits per heavy atom. The zero-order valence-electron chi connectivity index (χ0n) is 17.1. The number of benzene rings is 2. The Morgan fingerprint density at radius 2 is 1.83 bits per heavy atom. The summed E-state index contributed by atoms with van der Waals surface area (Å²) in [5, 5.41) is 0. The molecule has 0 radical (unpaired) electrons. The van der Waals surface area contributed by atoms with E-state index < -0.39 is 0 Å². The van der Waals surface area contributed by atoms with Gasteiger partial charge in [-0.1, -0.05) is 30.3 Å². The fraction of sp³-hybridized carbons (Fsp3) is 0.375. The van der Waals surface area contributed by atoms with Gasteiger partial charge in [0.1, 0.15) is 6.10 Å². The first-order valence-electron chi connectivity index (χ1n) is 9.95. The van der Waals surface area contributed by atoms with E-state index in [0.717, 1.165) is 30.9 Å². The molecule has 2 aromatic carbocycles.